The van der Waals surface area contributed by atoms with Crippen molar-refractivity contribution < 1.29 is 9.53 Å². The summed E-state index contributed by atoms with van der Waals surface area (Å²) < 4.78 is 7.42. The molecule has 3 rings (SSSR count). The van der Waals surface area contributed by atoms with Crippen LogP contribution >= 0.6 is 23.2 Å². The van der Waals surface area contributed by atoms with E-state index < -0.39 is 0 Å². The van der Waals surface area contributed by atoms with E-state index in [0.717, 1.165) is 10.9 Å². The van der Waals surface area contributed by atoms with Crippen molar-refractivity contribution >= 4 is 46.2 Å². The average molecular weight is 404 g/mol. The van der Waals surface area contributed by atoms with Gasteiger partial charge in [0.15, 0.2) is 5.75 Å². The van der Waals surface area contributed by atoms with Gasteiger partial charge >= 0.3 is 0 Å². The molecule has 7 heteroatoms. The number of aryl methyl sites for hydroxylation is 1. The Bertz CT molecular complexity index is 1000. The quantitative estimate of drug-likeness (QED) is 0.479. The van der Waals surface area contributed by atoms with E-state index in [-0.39, 0.29) is 12.0 Å². The molecular weight excluding hydrogens is 385 g/mol. The zero-order chi connectivity index (χ0) is 19.6. The highest BCUT2D eigenvalue weighted by molar-refractivity contribution is 6.37. The molecule has 27 heavy (non-hydrogen) atoms. The fraction of sp³-hybridized carbons (Fsp3) is 0.200. The standard InChI is InChI=1S/C20H19Cl2N3O2/c1-12(2)27-19-15(21)8-13(9-16(19)22)11-23-24-20(26)18-10-14-6-4-5-7-17(14)25(18)3/h4-12H,1-3H3,(H,24,26)/b23-11+. The maximum absolute atomic E-state index is 12.4. The molecule has 0 aliphatic carbocycles. The third kappa shape index (κ3) is 4.26. The van der Waals surface area contributed by atoms with Crippen LogP contribution in [0.25, 0.3) is 10.9 Å². The minimum absolute atomic E-state index is 0.0420. The zero-order valence-electron chi connectivity index (χ0n) is 15.2. The number of nitrogens with zero attached hydrogens (tertiary/aromatic N) is 2. The van der Waals surface area contributed by atoms with Crippen LogP contribution in [0.3, 0.4) is 0 Å². The van der Waals surface area contributed by atoms with Crippen molar-refractivity contribution in [3.8, 4) is 5.75 Å². The van der Waals surface area contributed by atoms with Crippen LogP contribution in [0.4, 0.5) is 0 Å². The van der Waals surface area contributed by atoms with Crippen LogP contribution in [0.15, 0.2) is 47.6 Å². The minimum Gasteiger partial charge on any atom is -0.488 e. The van der Waals surface area contributed by atoms with Gasteiger partial charge in [0.05, 0.1) is 22.4 Å². The molecule has 140 valence electrons. The first-order chi connectivity index (χ1) is 12.9. The number of hydrogen-bond acceptors (Lipinski definition) is 3. The van der Waals surface area contributed by atoms with Crippen LogP contribution in [0.5, 0.6) is 5.75 Å². The summed E-state index contributed by atoms with van der Waals surface area (Å²) in [6.45, 7) is 3.79. The Morgan fingerprint density at radius 3 is 2.48 bits per heavy atom. The zero-order valence-corrected chi connectivity index (χ0v) is 16.7. The second-order valence-electron chi connectivity index (χ2n) is 6.33. The topological polar surface area (TPSA) is 55.6 Å². The van der Waals surface area contributed by atoms with Gasteiger partial charge in [-0.2, -0.15) is 5.10 Å². The second kappa shape index (κ2) is 8.03. The maximum Gasteiger partial charge on any atom is 0.287 e. The van der Waals surface area contributed by atoms with Gasteiger partial charge in [0.1, 0.15) is 5.69 Å². The number of amides is 1. The Kier molecular flexibility index (Phi) is 5.73. The molecule has 0 aliphatic heterocycles. The molecule has 0 aliphatic rings. The number of carbonyl (C=O) groups is 1. The summed E-state index contributed by atoms with van der Waals surface area (Å²) in [4.78, 5) is 12.4. The minimum atomic E-state index is -0.304. The molecule has 0 bridgehead atoms. The van der Waals surface area contributed by atoms with Crippen molar-refractivity contribution in [2.45, 2.75) is 20.0 Å². The molecule has 0 saturated carbocycles. The normalized spacial score (nSPS) is 11.5. The highest BCUT2D eigenvalue weighted by Crippen LogP contribution is 2.34. The van der Waals surface area contributed by atoms with E-state index in [9.17, 15) is 4.79 Å². The average Bonchev–Trinajstić information content (AvgIpc) is 2.95. The SMILES string of the molecule is CC(C)Oc1c(Cl)cc(/C=N/NC(=O)c2cc3ccccc3n2C)cc1Cl. The lowest BCUT2D eigenvalue weighted by molar-refractivity contribution is 0.0947. The number of aromatic nitrogens is 1. The van der Waals surface area contributed by atoms with Crippen molar-refractivity contribution in [2.75, 3.05) is 0 Å². The summed E-state index contributed by atoms with van der Waals surface area (Å²) in [5.41, 5.74) is 4.67. The summed E-state index contributed by atoms with van der Waals surface area (Å²) in [6, 6.07) is 13.0. The van der Waals surface area contributed by atoms with Gasteiger partial charge in [-0.15, -0.1) is 0 Å². The lowest BCUT2D eigenvalue weighted by Gasteiger charge is -2.13. The number of ether oxygens (including phenoxy) is 1. The van der Waals surface area contributed by atoms with E-state index in [2.05, 4.69) is 10.5 Å². The molecule has 0 saturated heterocycles. The molecule has 0 fully saturated rings. The number of fused-ring (bicyclic) bond motifs is 1. The summed E-state index contributed by atoms with van der Waals surface area (Å²) >= 11 is 12.4. The molecule has 1 amide bonds. The predicted molar refractivity (Wildman–Crippen MR) is 110 cm³/mol. The van der Waals surface area contributed by atoms with Crippen LogP contribution in [0.1, 0.15) is 29.9 Å². The van der Waals surface area contributed by atoms with Crippen molar-refractivity contribution in [2.24, 2.45) is 12.1 Å². The van der Waals surface area contributed by atoms with Gasteiger partial charge in [-0.05, 0) is 43.7 Å². The Hall–Kier alpha value is -2.50. The second-order valence-corrected chi connectivity index (χ2v) is 7.14. The van der Waals surface area contributed by atoms with Gasteiger partial charge in [-0.25, -0.2) is 5.43 Å². The number of hydrogen-bond donors (Lipinski definition) is 1. The van der Waals surface area contributed by atoms with Crippen molar-refractivity contribution in [1.29, 1.82) is 0 Å². The Morgan fingerprint density at radius 1 is 1.19 bits per heavy atom. The van der Waals surface area contributed by atoms with E-state index in [1.165, 1.54) is 6.21 Å². The molecule has 2 aromatic carbocycles. The van der Waals surface area contributed by atoms with Crippen molar-refractivity contribution in [3.63, 3.8) is 0 Å². The van der Waals surface area contributed by atoms with Crippen molar-refractivity contribution in [1.82, 2.24) is 9.99 Å². The Labute approximate surface area is 167 Å². The highest BCUT2D eigenvalue weighted by atomic mass is 35.5. The van der Waals surface area contributed by atoms with Crippen LogP contribution in [0.2, 0.25) is 10.0 Å². The molecule has 1 heterocycles. The van der Waals surface area contributed by atoms with Gasteiger partial charge in [0.25, 0.3) is 5.91 Å². The molecule has 1 aromatic heterocycles. The molecule has 0 radical (unpaired) electrons. The van der Waals surface area contributed by atoms with Gasteiger partial charge in [-0.1, -0.05) is 41.4 Å². The number of halogens is 2. The molecule has 3 aromatic rings. The summed E-state index contributed by atoms with van der Waals surface area (Å²) in [5.74, 6) is 0.131. The molecule has 0 unspecified atom stereocenters. The number of carbonyl (C=O) groups excluding carboxylic acids is 1. The molecule has 0 atom stereocenters. The smallest absolute Gasteiger partial charge is 0.287 e. The lowest BCUT2D eigenvalue weighted by atomic mass is 10.2. The summed E-state index contributed by atoms with van der Waals surface area (Å²) in [6.07, 6.45) is 1.44. The van der Waals surface area contributed by atoms with Gasteiger partial charge in [0.2, 0.25) is 0 Å². The number of para-hydroxylation sites is 1. The van der Waals surface area contributed by atoms with E-state index in [0.29, 0.717) is 27.1 Å². The van der Waals surface area contributed by atoms with E-state index in [4.69, 9.17) is 27.9 Å². The first-order valence-electron chi connectivity index (χ1n) is 8.40. The highest BCUT2D eigenvalue weighted by Gasteiger charge is 2.13. The largest absolute Gasteiger partial charge is 0.488 e. The van der Waals surface area contributed by atoms with Gasteiger partial charge in [0, 0.05) is 18.0 Å². The maximum atomic E-state index is 12.4. The number of rotatable bonds is 5. The molecule has 1 N–H and O–H groups in total. The van der Waals surface area contributed by atoms with Crippen LogP contribution in [-0.4, -0.2) is 22.8 Å². The van der Waals surface area contributed by atoms with E-state index in [1.54, 1.807) is 12.1 Å². The van der Waals surface area contributed by atoms with Gasteiger partial charge in [-0.3, -0.25) is 4.79 Å². The molecule has 5 nitrogen and oxygen atoms in total. The lowest BCUT2D eigenvalue weighted by Crippen LogP contribution is -2.20. The van der Waals surface area contributed by atoms with Crippen LogP contribution in [0, 0.1) is 0 Å². The fourth-order valence-electron chi connectivity index (χ4n) is 2.73. The third-order valence-corrected chi connectivity index (χ3v) is 4.50. The van der Waals surface area contributed by atoms with Crippen LogP contribution < -0.4 is 10.2 Å². The fourth-order valence-corrected chi connectivity index (χ4v) is 3.32. The predicted octanol–water partition coefficient (Wildman–Crippen LogP) is 5.04. The van der Waals surface area contributed by atoms with Crippen LogP contribution in [-0.2, 0) is 7.05 Å². The molecule has 0 spiro atoms. The summed E-state index contributed by atoms with van der Waals surface area (Å²) in [5, 5.41) is 5.77. The number of hydrazone groups is 1. The monoisotopic (exact) mass is 403 g/mol. The number of benzene rings is 2. The van der Waals surface area contributed by atoms with E-state index in [1.807, 2.05) is 55.8 Å². The first kappa shape index (κ1) is 19.3. The summed E-state index contributed by atoms with van der Waals surface area (Å²) in [7, 11) is 1.84. The third-order valence-electron chi connectivity index (χ3n) is 3.94. The Morgan fingerprint density at radius 2 is 1.85 bits per heavy atom. The first-order valence-corrected chi connectivity index (χ1v) is 9.16. The Balaban J connectivity index is 1.75. The number of nitrogens with one attached hydrogen (secondary N) is 1. The van der Waals surface area contributed by atoms with E-state index >= 15 is 0 Å². The van der Waals surface area contributed by atoms with Crippen molar-refractivity contribution in [3.05, 3.63) is 63.8 Å². The molecular formula is C20H19Cl2N3O2. The van der Waals surface area contributed by atoms with Gasteiger partial charge < -0.3 is 9.30 Å².